The molecule has 0 atom stereocenters. The second-order valence-electron chi connectivity index (χ2n) is 5.00. The van der Waals surface area contributed by atoms with Gasteiger partial charge in [-0.1, -0.05) is 12.8 Å². The number of aromatic nitrogens is 2. The second-order valence-corrected chi connectivity index (χ2v) is 5.39. The monoisotopic (exact) mass is 266 g/mol. The van der Waals surface area contributed by atoms with Crippen LogP contribution in [0.4, 0.5) is 5.69 Å². The summed E-state index contributed by atoms with van der Waals surface area (Å²) in [6, 6.07) is 0. The van der Waals surface area contributed by atoms with Crippen LogP contribution >= 0.6 is 12.2 Å². The molecule has 1 aliphatic rings. The molecule has 1 fully saturated rings. The van der Waals surface area contributed by atoms with Crippen molar-refractivity contribution in [2.24, 2.45) is 7.05 Å². The summed E-state index contributed by atoms with van der Waals surface area (Å²) in [4.78, 5) is 2.29. The maximum absolute atomic E-state index is 5.52. The first-order valence-electron chi connectivity index (χ1n) is 6.65. The van der Waals surface area contributed by atoms with Gasteiger partial charge in [0, 0.05) is 20.1 Å². The van der Waals surface area contributed by atoms with Gasteiger partial charge in [-0.2, -0.15) is 5.10 Å². The molecule has 0 spiro atoms. The zero-order valence-corrected chi connectivity index (χ0v) is 12.3. The van der Waals surface area contributed by atoms with E-state index in [4.69, 9.17) is 12.2 Å². The van der Waals surface area contributed by atoms with Crippen LogP contribution in [0, 0.1) is 13.8 Å². The molecule has 0 aromatic carbocycles. The van der Waals surface area contributed by atoms with E-state index in [0.29, 0.717) is 0 Å². The molecule has 0 bridgehead atoms. The molecule has 1 aliphatic heterocycles. The van der Waals surface area contributed by atoms with E-state index in [1.807, 2.05) is 18.7 Å². The Morgan fingerprint density at radius 3 is 2.28 bits per heavy atom. The topological polar surface area (TPSA) is 33.1 Å². The minimum absolute atomic E-state index is 0.844. The fourth-order valence-electron chi connectivity index (χ4n) is 2.41. The van der Waals surface area contributed by atoms with Crippen molar-refractivity contribution >= 4 is 23.0 Å². The van der Waals surface area contributed by atoms with Crippen molar-refractivity contribution in [2.75, 3.05) is 18.4 Å². The maximum Gasteiger partial charge on any atom is 0.173 e. The molecule has 2 heterocycles. The number of likely N-dealkylation sites (tertiary alicyclic amines) is 1. The summed E-state index contributed by atoms with van der Waals surface area (Å²) in [5, 5.41) is 8.62. The van der Waals surface area contributed by atoms with Crippen molar-refractivity contribution in [3.63, 3.8) is 0 Å². The van der Waals surface area contributed by atoms with E-state index in [-0.39, 0.29) is 0 Å². The highest BCUT2D eigenvalue weighted by atomic mass is 32.1. The van der Waals surface area contributed by atoms with Crippen LogP contribution in [0.15, 0.2) is 0 Å². The minimum atomic E-state index is 0.844. The molecule has 100 valence electrons. The highest BCUT2D eigenvalue weighted by molar-refractivity contribution is 7.80. The molecular weight excluding hydrogens is 244 g/mol. The molecule has 2 rings (SSSR count). The smallest absolute Gasteiger partial charge is 0.173 e. The van der Waals surface area contributed by atoms with Crippen molar-refractivity contribution in [1.29, 1.82) is 0 Å². The van der Waals surface area contributed by atoms with E-state index < -0.39 is 0 Å². The third kappa shape index (κ3) is 2.83. The summed E-state index contributed by atoms with van der Waals surface area (Å²) in [5.74, 6) is 0. The molecule has 1 saturated heterocycles. The summed E-state index contributed by atoms with van der Waals surface area (Å²) < 4.78 is 1.89. The highest BCUT2D eigenvalue weighted by Crippen LogP contribution is 2.19. The molecular formula is C13H22N4S. The van der Waals surface area contributed by atoms with Crippen LogP contribution in [0.5, 0.6) is 0 Å². The van der Waals surface area contributed by atoms with Crippen LogP contribution in [-0.4, -0.2) is 32.9 Å². The van der Waals surface area contributed by atoms with Gasteiger partial charge >= 0.3 is 0 Å². The van der Waals surface area contributed by atoms with Gasteiger partial charge in [0.2, 0.25) is 0 Å². The number of nitrogens with zero attached hydrogens (tertiary/aromatic N) is 3. The lowest BCUT2D eigenvalue weighted by atomic mass is 10.2. The average Bonchev–Trinajstić information content (AvgIpc) is 2.58. The molecule has 1 N–H and O–H groups in total. The van der Waals surface area contributed by atoms with Gasteiger partial charge in [-0.3, -0.25) is 4.68 Å². The number of hydrogen-bond donors (Lipinski definition) is 1. The van der Waals surface area contributed by atoms with E-state index in [1.165, 1.54) is 25.7 Å². The predicted octanol–water partition coefficient (Wildman–Crippen LogP) is 2.61. The quantitative estimate of drug-likeness (QED) is 0.792. The van der Waals surface area contributed by atoms with Crippen molar-refractivity contribution < 1.29 is 0 Å². The van der Waals surface area contributed by atoms with Crippen LogP contribution in [-0.2, 0) is 7.05 Å². The first-order chi connectivity index (χ1) is 8.59. The van der Waals surface area contributed by atoms with Crippen molar-refractivity contribution in [3.05, 3.63) is 11.4 Å². The predicted molar refractivity (Wildman–Crippen MR) is 78.9 cm³/mol. The molecule has 0 radical (unpaired) electrons. The highest BCUT2D eigenvalue weighted by Gasteiger charge is 2.15. The zero-order chi connectivity index (χ0) is 13.1. The van der Waals surface area contributed by atoms with Gasteiger partial charge in [-0.15, -0.1) is 0 Å². The van der Waals surface area contributed by atoms with Gasteiger partial charge in [0.05, 0.1) is 17.1 Å². The van der Waals surface area contributed by atoms with Gasteiger partial charge in [0.25, 0.3) is 0 Å². The van der Waals surface area contributed by atoms with Gasteiger partial charge in [-0.05, 0) is 38.9 Å². The van der Waals surface area contributed by atoms with E-state index in [2.05, 4.69) is 22.2 Å². The number of anilines is 1. The van der Waals surface area contributed by atoms with Crippen molar-refractivity contribution in [2.45, 2.75) is 39.5 Å². The number of nitrogens with one attached hydrogen (secondary N) is 1. The van der Waals surface area contributed by atoms with E-state index in [0.717, 1.165) is 35.3 Å². The normalized spacial score (nSPS) is 16.5. The molecule has 0 amide bonds. The number of hydrogen-bond acceptors (Lipinski definition) is 2. The summed E-state index contributed by atoms with van der Waals surface area (Å²) >= 11 is 5.52. The van der Waals surface area contributed by atoms with Gasteiger partial charge < -0.3 is 10.2 Å². The zero-order valence-electron chi connectivity index (χ0n) is 11.5. The van der Waals surface area contributed by atoms with E-state index >= 15 is 0 Å². The lowest BCUT2D eigenvalue weighted by Crippen LogP contribution is -2.35. The Hall–Kier alpha value is -1.10. The molecule has 1 aromatic heterocycles. The van der Waals surface area contributed by atoms with Crippen LogP contribution in [0.25, 0.3) is 0 Å². The molecule has 18 heavy (non-hydrogen) atoms. The fourth-order valence-corrected chi connectivity index (χ4v) is 2.70. The Morgan fingerprint density at radius 1 is 1.17 bits per heavy atom. The summed E-state index contributed by atoms with van der Waals surface area (Å²) in [6.07, 6.45) is 5.13. The molecule has 1 aromatic rings. The van der Waals surface area contributed by atoms with Gasteiger partial charge in [0.1, 0.15) is 0 Å². The fraction of sp³-hybridized carbons (Fsp3) is 0.692. The Labute approximate surface area is 114 Å². The molecule has 5 heteroatoms. The number of thiocarbonyl (C=S) groups is 1. The summed E-state index contributed by atoms with van der Waals surface area (Å²) in [6.45, 7) is 6.22. The first-order valence-corrected chi connectivity index (χ1v) is 7.06. The standard InChI is InChI=1S/C13H22N4S/c1-10-12(11(2)16(3)15-10)14-13(18)17-8-6-4-5-7-9-17/h4-9H2,1-3H3,(H,14,18). The van der Waals surface area contributed by atoms with Crippen molar-refractivity contribution in [1.82, 2.24) is 14.7 Å². The summed E-state index contributed by atoms with van der Waals surface area (Å²) in [5.41, 5.74) is 3.20. The minimum Gasteiger partial charge on any atom is -0.349 e. The molecule has 0 aliphatic carbocycles. The molecule has 0 saturated carbocycles. The lowest BCUT2D eigenvalue weighted by molar-refractivity contribution is 0.441. The number of aryl methyl sites for hydroxylation is 2. The van der Waals surface area contributed by atoms with Gasteiger partial charge in [0.15, 0.2) is 5.11 Å². The SMILES string of the molecule is Cc1nn(C)c(C)c1NC(=S)N1CCCCCC1. The van der Waals surface area contributed by atoms with Crippen LogP contribution in [0.1, 0.15) is 37.1 Å². The third-order valence-corrected chi connectivity index (χ3v) is 3.99. The van der Waals surface area contributed by atoms with Crippen LogP contribution < -0.4 is 5.32 Å². The average molecular weight is 266 g/mol. The molecule has 0 unspecified atom stereocenters. The van der Waals surface area contributed by atoms with Gasteiger partial charge in [-0.25, -0.2) is 0 Å². The van der Waals surface area contributed by atoms with Crippen molar-refractivity contribution in [3.8, 4) is 0 Å². The van der Waals surface area contributed by atoms with E-state index in [9.17, 15) is 0 Å². The van der Waals surface area contributed by atoms with Crippen LogP contribution in [0.3, 0.4) is 0 Å². The maximum atomic E-state index is 5.52. The van der Waals surface area contributed by atoms with E-state index in [1.54, 1.807) is 0 Å². The Morgan fingerprint density at radius 2 is 1.78 bits per heavy atom. The third-order valence-electron chi connectivity index (χ3n) is 3.63. The molecule has 4 nitrogen and oxygen atoms in total. The Kier molecular flexibility index (Phi) is 4.22. The Bertz CT molecular complexity index is 430. The van der Waals surface area contributed by atoms with Crippen LogP contribution in [0.2, 0.25) is 0 Å². The number of rotatable bonds is 1. The Balaban J connectivity index is 2.06. The first kappa shape index (κ1) is 13.3. The second kappa shape index (κ2) is 5.69. The largest absolute Gasteiger partial charge is 0.349 e. The lowest BCUT2D eigenvalue weighted by Gasteiger charge is -2.24. The summed E-state index contributed by atoms with van der Waals surface area (Å²) in [7, 11) is 1.96.